The fourth-order valence-corrected chi connectivity index (χ4v) is 4.59. The van der Waals surface area contributed by atoms with Gasteiger partial charge < -0.3 is 25.8 Å². The zero-order chi connectivity index (χ0) is 23.7. The molecule has 1 fully saturated rings. The van der Waals surface area contributed by atoms with E-state index in [1.165, 1.54) is 0 Å². The van der Waals surface area contributed by atoms with Gasteiger partial charge in [0.25, 0.3) is 5.91 Å². The van der Waals surface area contributed by atoms with E-state index in [1.807, 2.05) is 18.2 Å². The van der Waals surface area contributed by atoms with Crippen molar-refractivity contribution in [3.8, 4) is 33.8 Å². The molecule has 3 heterocycles. The molecule has 176 valence electrons. The van der Waals surface area contributed by atoms with Gasteiger partial charge in [0, 0.05) is 34.9 Å². The molecule has 2 aromatic carbocycles. The average molecular weight is 463 g/mol. The molecule has 34 heavy (non-hydrogen) atoms. The third kappa shape index (κ3) is 4.28. The number of fused-ring (bicyclic) bond motifs is 1. The van der Waals surface area contributed by atoms with Gasteiger partial charge >= 0.3 is 0 Å². The minimum Gasteiger partial charge on any atom is -0.496 e. The highest BCUT2D eigenvalue weighted by atomic mass is 19.1. The predicted molar refractivity (Wildman–Crippen MR) is 129 cm³/mol. The fraction of sp³-hybridized carbons (Fsp3) is 0.308. The van der Waals surface area contributed by atoms with Crippen molar-refractivity contribution in [3.63, 3.8) is 0 Å². The van der Waals surface area contributed by atoms with Crippen LogP contribution in [0.2, 0.25) is 0 Å². The number of carbonyl (C=O) groups excluding carboxylic acids is 1. The van der Waals surface area contributed by atoms with Crippen LogP contribution < -0.4 is 25.8 Å². The van der Waals surface area contributed by atoms with E-state index in [0.717, 1.165) is 43.5 Å². The van der Waals surface area contributed by atoms with E-state index in [-0.39, 0.29) is 23.4 Å². The Morgan fingerprint density at radius 2 is 1.79 bits per heavy atom. The van der Waals surface area contributed by atoms with Crippen LogP contribution in [0.5, 0.6) is 11.5 Å². The quantitative estimate of drug-likeness (QED) is 0.502. The number of hydrogen-bond acceptors (Lipinski definition) is 6. The van der Waals surface area contributed by atoms with Crippen molar-refractivity contribution in [1.82, 2.24) is 15.6 Å². The summed E-state index contributed by atoms with van der Waals surface area (Å²) in [6.07, 6.45) is 2.74. The zero-order valence-corrected chi connectivity index (χ0v) is 19.0. The minimum absolute atomic E-state index is 0.0878. The van der Waals surface area contributed by atoms with Gasteiger partial charge in [-0.1, -0.05) is 12.1 Å². The van der Waals surface area contributed by atoms with Crippen LogP contribution in [0, 0.1) is 5.95 Å². The number of nitrogens with two attached hydrogens (primary N) is 1. The van der Waals surface area contributed by atoms with Gasteiger partial charge in [-0.3, -0.25) is 4.79 Å². The number of anilines is 1. The van der Waals surface area contributed by atoms with Crippen LogP contribution in [0.25, 0.3) is 22.3 Å². The smallest absolute Gasteiger partial charge is 0.251 e. The number of pyridine rings is 1. The first-order valence-electron chi connectivity index (χ1n) is 11.5. The molecule has 8 heteroatoms. The molecule has 0 unspecified atom stereocenters. The van der Waals surface area contributed by atoms with Crippen molar-refractivity contribution < 1.29 is 18.7 Å². The van der Waals surface area contributed by atoms with E-state index >= 15 is 4.39 Å². The largest absolute Gasteiger partial charge is 0.496 e. The average Bonchev–Trinajstić information content (AvgIpc) is 2.85. The number of amides is 1. The molecule has 1 aromatic heterocycles. The summed E-state index contributed by atoms with van der Waals surface area (Å²) in [6.45, 7) is 2.44. The molecule has 0 bridgehead atoms. The summed E-state index contributed by atoms with van der Waals surface area (Å²) in [4.78, 5) is 16.1. The third-order valence-corrected chi connectivity index (χ3v) is 6.40. The number of nitrogen functional groups attached to an aromatic ring is 1. The van der Waals surface area contributed by atoms with Crippen molar-refractivity contribution in [2.24, 2.45) is 0 Å². The number of halogens is 1. The molecular weight excluding hydrogens is 435 g/mol. The van der Waals surface area contributed by atoms with Gasteiger partial charge in [0.15, 0.2) is 0 Å². The molecule has 4 N–H and O–H groups in total. The molecule has 0 aliphatic carbocycles. The summed E-state index contributed by atoms with van der Waals surface area (Å²) in [5, 5.41) is 6.16. The van der Waals surface area contributed by atoms with Crippen LogP contribution >= 0.6 is 0 Å². The molecule has 1 saturated heterocycles. The molecule has 7 nitrogen and oxygen atoms in total. The molecule has 0 atom stereocenters. The highest BCUT2D eigenvalue weighted by Crippen LogP contribution is 2.38. The molecular formula is C26H27FN4O3. The Hall–Kier alpha value is -3.65. The number of hydrogen-bond donors (Lipinski definition) is 3. The van der Waals surface area contributed by atoms with Crippen LogP contribution in [0.15, 0.2) is 42.5 Å². The number of nitrogens with one attached hydrogen (secondary N) is 2. The molecule has 1 amide bonds. The van der Waals surface area contributed by atoms with E-state index in [2.05, 4.69) is 15.6 Å². The van der Waals surface area contributed by atoms with Crippen molar-refractivity contribution in [2.45, 2.75) is 25.4 Å². The second-order valence-corrected chi connectivity index (χ2v) is 8.57. The van der Waals surface area contributed by atoms with Gasteiger partial charge in [0.05, 0.1) is 7.11 Å². The lowest BCUT2D eigenvalue weighted by molar-refractivity contribution is 0.0946. The highest BCUT2D eigenvalue weighted by Gasteiger charge is 2.21. The van der Waals surface area contributed by atoms with Crippen molar-refractivity contribution in [3.05, 3.63) is 59.5 Å². The van der Waals surface area contributed by atoms with Gasteiger partial charge in [-0.2, -0.15) is 4.39 Å². The number of nitrogens with zero attached hydrogens (tertiary/aromatic N) is 1. The maximum atomic E-state index is 15.0. The van der Waals surface area contributed by atoms with Crippen LogP contribution in [0.4, 0.5) is 10.2 Å². The number of methoxy groups -OCH3 is 1. The Morgan fingerprint density at radius 1 is 1.00 bits per heavy atom. The van der Waals surface area contributed by atoms with Crippen molar-refractivity contribution in [2.75, 3.05) is 32.5 Å². The summed E-state index contributed by atoms with van der Waals surface area (Å²) < 4.78 is 26.7. The Labute approximate surface area is 197 Å². The predicted octanol–water partition coefficient (Wildman–Crippen LogP) is 3.56. The lowest BCUT2D eigenvalue weighted by atomic mass is 9.94. The monoisotopic (exact) mass is 462 g/mol. The topological polar surface area (TPSA) is 98.5 Å². The lowest BCUT2D eigenvalue weighted by Crippen LogP contribution is -2.34. The van der Waals surface area contributed by atoms with E-state index < -0.39 is 5.95 Å². The third-order valence-electron chi connectivity index (χ3n) is 6.40. The number of aromatic nitrogens is 1. The number of rotatable bonds is 5. The van der Waals surface area contributed by atoms with Crippen molar-refractivity contribution >= 4 is 11.7 Å². The summed E-state index contributed by atoms with van der Waals surface area (Å²) in [5.41, 5.74) is 9.92. The molecule has 2 aliphatic heterocycles. The fourth-order valence-electron chi connectivity index (χ4n) is 4.59. The molecule has 2 aliphatic rings. The second-order valence-electron chi connectivity index (χ2n) is 8.57. The van der Waals surface area contributed by atoms with Gasteiger partial charge in [-0.15, -0.1) is 0 Å². The van der Waals surface area contributed by atoms with Gasteiger partial charge in [0.2, 0.25) is 5.95 Å². The molecule has 5 rings (SSSR count). The van der Waals surface area contributed by atoms with E-state index in [4.69, 9.17) is 15.2 Å². The molecule has 0 spiro atoms. The van der Waals surface area contributed by atoms with Crippen LogP contribution in [-0.4, -0.2) is 43.7 Å². The Balaban J connectivity index is 1.51. The van der Waals surface area contributed by atoms with E-state index in [0.29, 0.717) is 34.7 Å². The van der Waals surface area contributed by atoms with E-state index in [9.17, 15) is 4.79 Å². The number of ether oxygens (including phenoxy) is 2. The summed E-state index contributed by atoms with van der Waals surface area (Å²) in [5.74, 6) is 0.500. The number of carbonyl (C=O) groups is 1. The first kappa shape index (κ1) is 22.2. The van der Waals surface area contributed by atoms with Crippen LogP contribution in [-0.2, 0) is 6.42 Å². The maximum Gasteiger partial charge on any atom is 0.251 e. The van der Waals surface area contributed by atoms with Gasteiger partial charge in [-0.05, 0) is 67.7 Å². The first-order valence-corrected chi connectivity index (χ1v) is 11.5. The molecule has 0 radical (unpaired) electrons. The Morgan fingerprint density at radius 3 is 2.59 bits per heavy atom. The standard InChI is InChI=1S/C26H27FN4O3/c1-33-23-13-18(34-17-7-9-29-10-8-17)3-5-20(23)22-14-21(25(28)31-24(22)27)15-2-4-19-16(12-15)6-11-30-26(19)32/h2-5,12-14,17,29H,6-11H2,1H3,(H2,28,31)(H,30,32). The van der Waals surface area contributed by atoms with Crippen molar-refractivity contribution in [1.29, 1.82) is 0 Å². The first-order chi connectivity index (χ1) is 16.5. The summed E-state index contributed by atoms with van der Waals surface area (Å²) in [7, 11) is 1.55. The summed E-state index contributed by atoms with van der Waals surface area (Å²) in [6, 6.07) is 12.6. The van der Waals surface area contributed by atoms with E-state index in [1.54, 1.807) is 31.4 Å². The number of piperidine rings is 1. The lowest BCUT2D eigenvalue weighted by Gasteiger charge is -2.24. The van der Waals surface area contributed by atoms with Gasteiger partial charge in [-0.25, -0.2) is 4.98 Å². The Bertz CT molecular complexity index is 1240. The Kier molecular flexibility index (Phi) is 6.06. The highest BCUT2D eigenvalue weighted by molar-refractivity contribution is 5.97. The van der Waals surface area contributed by atoms with Crippen LogP contribution in [0.1, 0.15) is 28.8 Å². The molecule has 3 aromatic rings. The number of benzene rings is 2. The maximum absolute atomic E-state index is 15.0. The van der Waals surface area contributed by atoms with Gasteiger partial charge in [0.1, 0.15) is 23.4 Å². The normalized spacial score (nSPS) is 16.0. The summed E-state index contributed by atoms with van der Waals surface area (Å²) >= 11 is 0. The zero-order valence-electron chi connectivity index (χ0n) is 19.0. The minimum atomic E-state index is -0.677. The molecule has 0 saturated carbocycles. The van der Waals surface area contributed by atoms with Crippen LogP contribution in [0.3, 0.4) is 0 Å². The second kappa shape index (κ2) is 9.30. The SMILES string of the molecule is COc1cc(OC2CCNCC2)ccc1-c1cc(-c2ccc3c(c2)CCNC3=O)c(N)nc1F.